The Labute approximate surface area is 117 Å². The van der Waals surface area contributed by atoms with Gasteiger partial charge in [-0.25, -0.2) is 4.39 Å². The molecule has 1 aliphatic rings. The quantitative estimate of drug-likeness (QED) is 0.886. The molecule has 1 aliphatic carbocycles. The number of rotatable bonds is 2. The summed E-state index contributed by atoms with van der Waals surface area (Å²) in [6.45, 7) is 0. The Hall–Kier alpha value is -2.16. The predicted octanol–water partition coefficient (Wildman–Crippen LogP) is 3.63. The van der Waals surface area contributed by atoms with Crippen molar-refractivity contribution in [1.82, 2.24) is 5.32 Å². The van der Waals surface area contributed by atoms with Gasteiger partial charge in [-0.2, -0.15) is 0 Å². The van der Waals surface area contributed by atoms with Crippen LogP contribution in [0.4, 0.5) is 4.39 Å². The molecule has 1 atom stereocenters. The number of nitrogens with one attached hydrogen (secondary N) is 1. The summed E-state index contributed by atoms with van der Waals surface area (Å²) in [4.78, 5) is 12.2. The molecule has 0 aromatic heterocycles. The van der Waals surface area contributed by atoms with Crippen LogP contribution in [0, 0.1) is 5.82 Å². The number of carbonyl (C=O) groups excluding carboxylic acids is 1. The summed E-state index contributed by atoms with van der Waals surface area (Å²) in [5, 5.41) is 3.05. The molecule has 102 valence electrons. The largest absolute Gasteiger partial charge is 0.345 e. The van der Waals surface area contributed by atoms with Crippen molar-refractivity contribution in [3.05, 3.63) is 71.0 Å². The molecule has 0 saturated heterocycles. The maximum absolute atomic E-state index is 12.9. The van der Waals surface area contributed by atoms with Gasteiger partial charge in [0, 0.05) is 5.56 Å². The van der Waals surface area contributed by atoms with Crippen molar-refractivity contribution in [3.63, 3.8) is 0 Å². The van der Waals surface area contributed by atoms with E-state index in [9.17, 15) is 9.18 Å². The summed E-state index contributed by atoms with van der Waals surface area (Å²) in [6, 6.07) is 13.9. The van der Waals surface area contributed by atoms with E-state index < -0.39 is 0 Å². The highest BCUT2D eigenvalue weighted by Crippen LogP contribution is 2.29. The van der Waals surface area contributed by atoms with Gasteiger partial charge in [-0.3, -0.25) is 4.79 Å². The third-order valence-corrected chi connectivity index (χ3v) is 3.78. The molecule has 1 amide bonds. The number of hydrogen-bond acceptors (Lipinski definition) is 1. The molecule has 2 nitrogen and oxygen atoms in total. The average Bonchev–Trinajstić information content (AvgIpc) is 2.48. The number of halogens is 1. The van der Waals surface area contributed by atoms with E-state index in [0.29, 0.717) is 5.56 Å². The van der Waals surface area contributed by atoms with Crippen LogP contribution in [0.15, 0.2) is 48.5 Å². The fraction of sp³-hybridized carbons (Fsp3) is 0.235. The molecule has 3 rings (SSSR count). The zero-order valence-electron chi connectivity index (χ0n) is 11.1. The van der Waals surface area contributed by atoms with Crippen LogP contribution in [-0.4, -0.2) is 5.91 Å². The van der Waals surface area contributed by atoms with Crippen LogP contribution in [0.25, 0.3) is 0 Å². The first-order valence-electron chi connectivity index (χ1n) is 6.88. The molecule has 0 fully saturated rings. The normalized spacial score (nSPS) is 17.4. The van der Waals surface area contributed by atoms with Gasteiger partial charge in [-0.15, -0.1) is 0 Å². The van der Waals surface area contributed by atoms with Crippen LogP contribution in [0.2, 0.25) is 0 Å². The summed E-state index contributed by atoms with van der Waals surface area (Å²) >= 11 is 0. The third kappa shape index (κ3) is 2.57. The predicted molar refractivity (Wildman–Crippen MR) is 76.0 cm³/mol. The van der Waals surface area contributed by atoms with Crippen molar-refractivity contribution in [2.45, 2.75) is 25.3 Å². The lowest BCUT2D eigenvalue weighted by Gasteiger charge is -2.26. The van der Waals surface area contributed by atoms with Gasteiger partial charge < -0.3 is 5.32 Å². The Bertz CT molecular complexity index is 621. The second-order valence-electron chi connectivity index (χ2n) is 5.12. The standard InChI is InChI=1S/C17H16FNO/c18-14-10-8-13(9-11-14)17(20)19-16-7-3-5-12-4-1-2-6-15(12)16/h1-2,4,6,8-11,16H,3,5,7H2,(H,19,20)/t16-/m1/s1. The maximum Gasteiger partial charge on any atom is 0.251 e. The molecule has 0 unspecified atom stereocenters. The average molecular weight is 269 g/mol. The smallest absolute Gasteiger partial charge is 0.251 e. The molecule has 2 aromatic rings. The van der Waals surface area contributed by atoms with E-state index in [1.807, 2.05) is 12.1 Å². The Morgan fingerprint density at radius 2 is 1.85 bits per heavy atom. The van der Waals surface area contributed by atoms with Crippen LogP contribution in [0.3, 0.4) is 0 Å². The number of aryl methyl sites for hydroxylation is 1. The first-order chi connectivity index (χ1) is 9.74. The van der Waals surface area contributed by atoms with Gasteiger partial charge in [-0.1, -0.05) is 24.3 Å². The van der Waals surface area contributed by atoms with Gasteiger partial charge in [0.1, 0.15) is 5.82 Å². The molecular formula is C17H16FNO. The maximum atomic E-state index is 12.9. The number of fused-ring (bicyclic) bond motifs is 1. The molecule has 0 saturated carbocycles. The molecule has 0 aliphatic heterocycles. The lowest BCUT2D eigenvalue weighted by molar-refractivity contribution is 0.0932. The fourth-order valence-corrected chi connectivity index (χ4v) is 2.75. The van der Waals surface area contributed by atoms with E-state index in [-0.39, 0.29) is 17.8 Å². The minimum absolute atomic E-state index is 0.0532. The van der Waals surface area contributed by atoms with Gasteiger partial charge >= 0.3 is 0 Å². The summed E-state index contributed by atoms with van der Waals surface area (Å²) in [7, 11) is 0. The number of amides is 1. The fourth-order valence-electron chi connectivity index (χ4n) is 2.75. The van der Waals surface area contributed by atoms with Crippen LogP contribution in [-0.2, 0) is 6.42 Å². The van der Waals surface area contributed by atoms with Gasteiger partial charge in [0.25, 0.3) is 5.91 Å². The van der Waals surface area contributed by atoms with Crippen LogP contribution in [0.5, 0.6) is 0 Å². The van der Waals surface area contributed by atoms with Crippen LogP contribution in [0.1, 0.15) is 40.4 Å². The lowest BCUT2D eigenvalue weighted by Crippen LogP contribution is -2.30. The molecule has 0 spiro atoms. The molecule has 0 heterocycles. The van der Waals surface area contributed by atoms with Crippen molar-refractivity contribution in [2.75, 3.05) is 0 Å². The Morgan fingerprint density at radius 1 is 1.10 bits per heavy atom. The van der Waals surface area contributed by atoms with Gasteiger partial charge in [0.05, 0.1) is 6.04 Å². The van der Waals surface area contributed by atoms with Gasteiger partial charge in [0.2, 0.25) is 0 Å². The number of benzene rings is 2. The van der Waals surface area contributed by atoms with E-state index in [1.165, 1.54) is 35.4 Å². The highest BCUT2D eigenvalue weighted by atomic mass is 19.1. The second-order valence-corrected chi connectivity index (χ2v) is 5.12. The van der Waals surface area contributed by atoms with Crippen molar-refractivity contribution in [3.8, 4) is 0 Å². The lowest BCUT2D eigenvalue weighted by atomic mass is 9.87. The van der Waals surface area contributed by atoms with Crippen LogP contribution >= 0.6 is 0 Å². The van der Waals surface area contributed by atoms with E-state index in [0.717, 1.165) is 19.3 Å². The molecule has 20 heavy (non-hydrogen) atoms. The Morgan fingerprint density at radius 3 is 2.65 bits per heavy atom. The first kappa shape index (κ1) is 12.9. The topological polar surface area (TPSA) is 29.1 Å². The number of carbonyl (C=O) groups is 1. The molecule has 2 aromatic carbocycles. The summed E-state index contributed by atoms with van der Waals surface area (Å²) < 4.78 is 12.9. The van der Waals surface area contributed by atoms with Crippen molar-refractivity contribution < 1.29 is 9.18 Å². The summed E-state index contributed by atoms with van der Waals surface area (Å²) in [5.74, 6) is -0.476. The monoisotopic (exact) mass is 269 g/mol. The highest BCUT2D eigenvalue weighted by molar-refractivity contribution is 5.94. The minimum Gasteiger partial charge on any atom is -0.345 e. The van der Waals surface area contributed by atoms with E-state index in [2.05, 4.69) is 17.4 Å². The molecule has 0 radical (unpaired) electrons. The van der Waals surface area contributed by atoms with E-state index >= 15 is 0 Å². The van der Waals surface area contributed by atoms with Gasteiger partial charge in [-0.05, 0) is 54.7 Å². The van der Waals surface area contributed by atoms with E-state index in [1.54, 1.807) is 0 Å². The first-order valence-corrected chi connectivity index (χ1v) is 6.88. The minimum atomic E-state index is -0.329. The van der Waals surface area contributed by atoms with Crippen molar-refractivity contribution in [2.24, 2.45) is 0 Å². The molecule has 0 bridgehead atoms. The van der Waals surface area contributed by atoms with Crippen LogP contribution < -0.4 is 5.32 Å². The summed E-state index contributed by atoms with van der Waals surface area (Å²) in [5.41, 5.74) is 3.01. The molecule has 3 heteroatoms. The SMILES string of the molecule is O=C(N[C@@H]1CCCc2ccccc21)c1ccc(F)cc1. The van der Waals surface area contributed by atoms with Crippen molar-refractivity contribution >= 4 is 5.91 Å². The Kier molecular flexibility index (Phi) is 3.50. The van der Waals surface area contributed by atoms with Gasteiger partial charge in [0.15, 0.2) is 0 Å². The van der Waals surface area contributed by atoms with E-state index in [4.69, 9.17) is 0 Å². The number of hydrogen-bond donors (Lipinski definition) is 1. The second kappa shape index (κ2) is 5.45. The molecule has 1 N–H and O–H groups in total. The van der Waals surface area contributed by atoms with Crippen molar-refractivity contribution in [1.29, 1.82) is 0 Å². The zero-order valence-corrected chi connectivity index (χ0v) is 11.1. The highest BCUT2D eigenvalue weighted by Gasteiger charge is 2.21. The Balaban J connectivity index is 1.79. The zero-order chi connectivity index (χ0) is 13.9. The third-order valence-electron chi connectivity index (χ3n) is 3.78. The summed E-state index contributed by atoms with van der Waals surface area (Å²) in [6.07, 6.45) is 3.09. The molecular weight excluding hydrogens is 253 g/mol.